The SMILES string of the molecule is CCCNC(CCCc1ccccc1)c1cccc(C)c1. The van der Waals surface area contributed by atoms with Crippen molar-refractivity contribution in [1.29, 1.82) is 0 Å². The molecule has 2 rings (SSSR count). The van der Waals surface area contributed by atoms with Gasteiger partial charge in [-0.1, -0.05) is 67.1 Å². The van der Waals surface area contributed by atoms with Crippen LogP contribution >= 0.6 is 0 Å². The molecular formula is C20H27N. The predicted octanol–water partition coefficient (Wildman–Crippen LogP) is 5.06. The molecule has 112 valence electrons. The molecule has 0 aliphatic rings. The summed E-state index contributed by atoms with van der Waals surface area (Å²) in [6.07, 6.45) is 4.76. The first-order chi connectivity index (χ1) is 10.3. The zero-order valence-corrected chi connectivity index (χ0v) is 13.3. The van der Waals surface area contributed by atoms with Crippen molar-refractivity contribution in [1.82, 2.24) is 5.32 Å². The Morgan fingerprint density at radius 3 is 2.52 bits per heavy atom. The summed E-state index contributed by atoms with van der Waals surface area (Å²) in [6, 6.07) is 20.2. The molecule has 0 heterocycles. The summed E-state index contributed by atoms with van der Waals surface area (Å²) in [4.78, 5) is 0. The lowest BCUT2D eigenvalue weighted by atomic mass is 9.97. The number of rotatable bonds is 8. The molecular weight excluding hydrogens is 254 g/mol. The van der Waals surface area contributed by atoms with E-state index in [4.69, 9.17) is 0 Å². The first-order valence-electron chi connectivity index (χ1n) is 8.13. The largest absolute Gasteiger partial charge is 0.310 e. The van der Waals surface area contributed by atoms with Gasteiger partial charge >= 0.3 is 0 Å². The molecule has 0 saturated carbocycles. The van der Waals surface area contributed by atoms with Crippen LogP contribution in [0.15, 0.2) is 54.6 Å². The summed E-state index contributed by atoms with van der Waals surface area (Å²) < 4.78 is 0. The third-order valence-corrected chi connectivity index (χ3v) is 3.89. The van der Waals surface area contributed by atoms with Crippen molar-refractivity contribution < 1.29 is 0 Å². The standard InChI is InChI=1S/C20H27N/c1-3-15-21-20(19-13-7-9-17(2)16-19)14-8-12-18-10-5-4-6-11-18/h4-7,9-11,13,16,20-21H,3,8,12,14-15H2,1-2H3. The highest BCUT2D eigenvalue weighted by Crippen LogP contribution is 2.21. The zero-order valence-electron chi connectivity index (χ0n) is 13.3. The summed E-state index contributed by atoms with van der Waals surface area (Å²) in [5, 5.41) is 3.70. The van der Waals surface area contributed by atoms with Crippen LogP contribution in [0.25, 0.3) is 0 Å². The van der Waals surface area contributed by atoms with E-state index in [-0.39, 0.29) is 0 Å². The summed E-state index contributed by atoms with van der Waals surface area (Å²) >= 11 is 0. The number of hydrogen-bond acceptors (Lipinski definition) is 1. The molecule has 1 atom stereocenters. The average Bonchev–Trinajstić information content (AvgIpc) is 2.51. The van der Waals surface area contributed by atoms with Crippen LogP contribution in [0, 0.1) is 6.92 Å². The molecule has 1 unspecified atom stereocenters. The van der Waals surface area contributed by atoms with Crippen LogP contribution in [-0.2, 0) is 6.42 Å². The van der Waals surface area contributed by atoms with Gasteiger partial charge in [-0.15, -0.1) is 0 Å². The van der Waals surface area contributed by atoms with Crippen molar-refractivity contribution in [3.8, 4) is 0 Å². The Labute approximate surface area is 129 Å². The molecule has 0 bridgehead atoms. The van der Waals surface area contributed by atoms with Crippen LogP contribution < -0.4 is 5.32 Å². The molecule has 1 N–H and O–H groups in total. The topological polar surface area (TPSA) is 12.0 Å². The zero-order chi connectivity index (χ0) is 14.9. The Morgan fingerprint density at radius 1 is 1.00 bits per heavy atom. The number of nitrogens with one attached hydrogen (secondary N) is 1. The summed E-state index contributed by atoms with van der Waals surface area (Å²) in [6.45, 7) is 5.48. The second kappa shape index (κ2) is 8.63. The van der Waals surface area contributed by atoms with Crippen molar-refractivity contribution in [3.63, 3.8) is 0 Å². The van der Waals surface area contributed by atoms with E-state index in [0.717, 1.165) is 13.0 Å². The highest BCUT2D eigenvalue weighted by Gasteiger charge is 2.10. The lowest BCUT2D eigenvalue weighted by Gasteiger charge is -2.19. The van der Waals surface area contributed by atoms with Gasteiger partial charge in [0.15, 0.2) is 0 Å². The molecule has 0 saturated heterocycles. The van der Waals surface area contributed by atoms with E-state index in [9.17, 15) is 0 Å². The van der Waals surface area contributed by atoms with Crippen LogP contribution in [0.4, 0.5) is 0 Å². The van der Waals surface area contributed by atoms with E-state index in [1.165, 1.54) is 36.0 Å². The Morgan fingerprint density at radius 2 is 1.81 bits per heavy atom. The molecule has 1 heteroatoms. The molecule has 0 aliphatic carbocycles. The lowest BCUT2D eigenvalue weighted by molar-refractivity contribution is 0.484. The van der Waals surface area contributed by atoms with Gasteiger partial charge in [0.25, 0.3) is 0 Å². The van der Waals surface area contributed by atoms with Gasteiger partial charge in [-0.2, -0.15) is 0 Å². The molecule has 0 amide bonds. The van der Waals surface area contributed by atoms with E-state index < -0.39 is 0 Å². The van der Waals surface area contributed by atoms with Gasteiger partial charge < -0.3 is 5.32 Å². The summed E-state index contributed by atoms with van der Waals surface area (Å²) in [5.74, 6) is 0. The summed E-state index contributed by atoms with van der Waals surface area (Å²) in [5.41, 5.74) is 4.21. The van der Waals surface area contributed by atoms with Crippen LogP contribution in [0.1, 0.15) is 48.9 Å². The van der Waals surface area contributed by atoms with Crippen LogP contribution in [0.3, 0.4) is 0 Å². The van der Waals surface area contributed by atoms with Crippen molar-refractivity contribution in [2.45, 2.75) is 45.6 Å². The Bertz CT molecular complexity index is 518. The molecule has 0 spiro atoms. The monoisotopic (exact) mass is 281 g/mol. The first-order valence-corrected chi connectivity index (χ1v) is 8.13. The van der Waals surface area contributed by atoms with Crippen molar-refractivity contribution >= 4 is 0 Å². The second-order valence-electron chi connectivity index (χ2n) is 5.80. The lowest BCUT2D eigenvalue weighted by Crippen LogP contribution is -2.22. The van der Waals surface area contributed by atoms with Crippen LogP contribution in [-0.4, -0.2) is 6.54 Å². The van der Waals surface area contributed by atoms with Crippen LogP contribution in [0.2, 0.25) is 0 Å². The van der Waals surface area contributed by atoms with E-state index >= 15 is 0 Å². The number of hydrogen-bond donors (Lipinski definition) is 1. The van der Waals surface area contributed by atoms with Gasteiger partial charge in [0, 0.05) is 6.04 Å². The maximum Gasteiger partial charge on any atom is 0.0320 e. The molecule has 2 aromatic carbocycles. The molecule has 2 aromatic rings. The third-order valence-electron chi connectivity index (χ3n) is 3.89. The van der Waals surface area contributed by atoms with Gasteiger partial charge in [0.2, 0.25) is 0 Å². The fourth-order valence-corrected chi connectivity index (χ4v) is 2.75. The summed E-state index contributed by atoms with van der Waals surface area (Å²) in [7, 11) is 0. The third kappa shape index (κ3) is 5.35. The molecule has 0 fully saturated rings. The Balaban J connectivity index is 1.93. The molecule has 0 radical (unpaired) electrons. The highest BCUT2D eigenvalue weighted by atomic mass is 14.9. The average molecular weight is 281 g/mol. The van der Waals surface area contributed by atoms with Gasteiger partial charge in [-0.25, -0.2) is 0 Å². The van der Waals surface area contributed by atoms with E-state index in [1.807, 2.05) is 0 Å². The number of aryl methyl sites for hydroxylation is 2. The minimum absolute atomic E-state index is 0.480. The quantitative estimate of drug-likeness (QED) is 0.713. The molecule has 21 heavy (non-hydrogen) atoms. The smallest absolute Gasteiger partial charge is 0.0320 e. The minimum Gasteiger partial charge on any atom is -0.310 e. The molecule has 0 aliphatic heterocycles. The second-order valence-corrected chi connectivity index (χ2v) is 5.80. The minimum atomic E-state index is 0.480. The van der Waals surface area contributed by atoms with Gasteiger partial charge in [0.05, 0.1) is 0 Å². The molecule has 1 nitrogen and oxygen atoms in total. The highest BCUT2D eigenvalue weighted by molar-refractivity contribution is 5.25. The maximum atomic E-state index is 3.70. The normalized spacial score (nSPS) is 12.3. The van der Waals surface area contributed by atoms with E-state index in [2.05, 4.69) is 73.8 Å². The Kier molecular flexibility index (Phi) is 6.49. The fraction of sp³-hybridized carbons (Fsp3) is 0.400. The van der Waals surface area contributed by atoms with E-state index in [0.29, 0.717) is 6.04 Å². The van der Waals surface area contributed by atoms with Gasteiger partial charge in [-0.05, 0) is 50.3 Å². The predicted molar refractivity (Wildman–Crippen MR) is 91.6 cm³/mol. The first kappa shape index (κ1) is 15.8. The fourth-order valence-electron chi connectivity index (χ4n) is 2.75. The Hall–Kier alpha value is -1.60. The van der Waals surface area contributed by atoms with Gasteiger partial charge in [-0.3, -0.25) is 0 Å². The van der Waals surface area contributed by atoms with Crippen molar-refractivity contribution in [2.24, 2.45) is 0 Å². The van der Waals surface area contributed by atoms with Crippen molar-refractivity contribution in [3.05, 3.63) is 71.3 Å². The van der Waals surface area contributed by atoms with Gasteiger partial charge in [0.1, 0.15) is 0 Å². The van der Waals surface area contributed by atoms with E-state index in [1.54, 1.807) is 0 Å². The number of benzene rings is 2. The van der Waals surface area contributed by atoms with Crippen LogP contribution in [0.5, 0.6) is 0 Å². The maximum absolute atomic E-state index is 3.70. The molecule has 0 aromatic heterocycles. The van der Waals surface area contributed by atoms with Crippen molar-refractivity contribution in [2.75, 3.05) is 6.54 Å².